The molecular formula is C11H20N2S2. The van der Waals surface area contributed by atoms with E-state index in [9.17, 15) is 0 Å². The van der Waals surface area contributed by atoms with Gasteiger partial charge in [0.1, 0.15) is 4.34 Å². The Bertz CT molecular complexity index is 249. The molecular weight excluding hydrogens is 224 g/mol. The van der Waals surface area contributed by atoms with Crippen molar-refractivity contribution in [2.75, 3.05) is 7.05 Å². The molecule has 0 aliphatic rings. The molecule has 0 bridgehead atoms. The molecule has 2 nitrogen and oxygen atoms in total. The first-order valence-electron chi connectivity index (χ1n) is 5.55. The van der Waals surface area contributed by atoms with Gasteiger partial charge in [0.15, 0.2) is 0 Å². The molecule has 0 saturated carbocycles. The fourth-order valence-corrected chi connectivity index (χ4v) is 3.78. The lowest BCUT2D eigenvalue weighted by Gasteiger charge is -2.24. The summed E-state index contributed by atoms with van der Waals surface area (Å²) in [5.41, 5.74) is 0. The summed E-state index contributed by atoms with van der Waals surface area (Å²) in [7, 11) is 2.06. The molecule has 1 heterocycles. The van der Waals surface area contributed by atoms with Gasteiger partial charge in [0.25, 0.3) is 0 Å². The van der Waals surface area contributed by atoms with E-state index in [1.807, 2.05) is 23.3 Å². The lowest BCUT2D eigenvalue weighted by atomic mass is 10.1. The normalized spacial score (nSPS) is 15.1. The summed E-state index contributed by atoms with van der Waals surface area (Å²) in [4.78, 5) is 4.33. The fraction of sp³-hybridized carbons (Fsp3) is 0.727. The Morgan fingerprint density at radius 3 is 2.80 bits per heavy atom. The van der Waals surface area contributed by atoms with Crippen LogP contribution in [0.2, 0.25) is 0 Å². The standard InChI is InChI=1S/C11H20N2S2/c1-4-6-9(12-3)10(5-2)15-11-13-7-8-14-11/h7-10,12H,4-6H2,1-3H3. The van der Waals surface area contributed by atoms with E-state index in [2.05, 4.69) is 31.2 Å². The second kappa shape index (κ2) is 7.25. The molecule has 0 fully saturated rings. The average Bonchev–Trinajstić information content (AvgIpc) is 2.75. The Hall–Kier alpha value is -0.0600. The van der Waals surface area contributed by atoms with E-state index < -0.39 is 0 Å². The molecule has 86 valence electrons. The number of aromatic nitrogens is 1. The van der Waals surface area contributed by atoms with Crippen LogP contribution >= 0.6 is 23.1 Å². The Morgan fingerprint density at radius 2 is 2.33 bits per heavy atom. The zero-order valence-electron chi connectivity index (χ0n) is 9.69. The third-order valence-electron chi connectivity index (χ3n) is 2.48. The summed E-state index contributed by atoms with van der Waals surface area (Å²) in [5, 5.41) is 6.11. The Morgan fingerprint density at radius 1 is 1.53 bits per heavy atom. The van der Waals surface area contributed by atoms with E-state index in [4.69, 9.17) is 0 Å². The minimum absolute atomic E-state index is 0.605. The van der Waals surface area contributed by atoms with Crippen LogP contribution in [0.3, 0.4) is 0 Å². The van der Waals surface area contributed by atoms with Crippen molar-refractivity contribution in [3.63, 3.8) is 0 Å². The Labute approximate surface area is 101 Å². The van der Waals surface area contributed by atoms with Gasteiger partial charge < -0.3 is 5.32 Å². The quantitative estimate of drug-likeness (QED) is 0.744. The van der Waals surface area contributed by atoms with E-state index >= 15 is 0 Å². The van der Waals surface area contributed by atoms with Gasteiger partial charge in [-0.05, 0) is 19.9 Å². The summed E-state index contributed by atoms with van der Waals surface area (Å²) >= 11 is 3.65. The predicted octanol–water partition coefficient (Wildman–Crippen LogP) is 3.40. The molecule has 0 saturated heterocycles. The fourth-order valence-electron chi connectivity index (χ4n) is 1.68. The van der Waals surface area contributed by atoms with Gasteiger partial charge in [-0.1, -0.05) is 32.0 Å². The maximum atomic E-state index is 4.33. The van der Waals surface area contributed by atoms with Crippen molar-refractivity contribution in [2.45, 2.75) is 48.7 Å². The van der Waals surface area contributed by atoms with Gasteiger partial charge in [0.05, 0.1) is 0 Å². The van der Waals surface area contributed by atoms with E-state index in [-0.39, 0.29) is 0 Å². The largest absolute Gasteiger partial charge is 0.316 e. The van der Waals surface area contributed by atoms with Gasteiger partial charge in [0, 0.05) is 22.9 Å². The zero-order valence-corrected chi connectivity index (χ0v) is 11.3. The minimum Gasteiger partial charge on any atom is -0.316 e. The molecule has 1 N–H and O–H groups in total. The van der Waals surface area contributed by atoms with Crippen LogP contribution in [0.15, 0.2) is 15.9 Å². The summed E-state index contributed by atoms with van der Waals surface area (Å²) in [5.74, 6) is 0. The molecule has 1 aromatic rings. The van der Waals surface area contributed by atoms with Crippen LogP contribution in [0.25, 0.3) is 0 Å². The predicted molar refractivity (Wildman–Crippen MR) is 69.8 cm³/mol. The van der Waals surface area contributed by atoms with E-state index in [1.54, 1.807) is 11.3 Å². The van der Waals surface area contributed by atoms with Crippen molar-refractivity contribution in [1.29, 1.82) is 0 Å². The lowest BCUT2D eigenvalue weighted by molar-refractivity contribution is 0.490. The van der Waals surface area contributed by atoms with Crippen molar-refractivity contribution >= 4 is 23.1 Å². The van der Waals surface area contributed by atoms with Gasteiger partial charge in [-0.15, -0.1) is 11.3 Å². The zero-order chi connectivity index (χ0) is 11.1. The highest BCUT2D eigenvalue weighted by Gasteiger charge is 2.19. The number of hydrogen-bond acceptors (Lipinski definition) is 4. The smallest absolute Gasteiger partial charge is 0.150 e. The number of nitrogens with one attached hydrogen (secondary N) is 1. The molecule has 0 aliphatic heterocycles. The summed E-state index contributed by atoms with van der Waals surface area (Å²) in [6, 6.07) is 0.605. The maximum Gasteiger partial charge on any atom is 0.150 e. The SMILES string of the molecule is CCCC(NC)C(CC)Sc1nccs1. The van der Waals surface area contributed by atoms with Crippen LogP contribution in [-0.4, -0.2) is 23.3 Å². The lowest BCUT2D eigenvalue weighted by Crippen LogP contribution is -2.35. The van der Waals surface area contributed by atoms with Crippen LogP contribution in [0.5, 0.6) is 0 Å². The Kier molecular flexibility index (Phi) is 6.29. The summed E-state index contributed by atoms with van der Waals surface area (Å²) in [6.07, 6.45) is 5.55. The monoisotopic (exact) mass is 244 g/mol. The highest BCUT2D eigenvalue weighted by atomic mass is 32.2. The molecule has 1 aromatic heterocycles. The van der Waals surface area contributed by atoms with Gasteiger partial charge in [-0.2, -0.15) is 0 Å². The van der Waals surface area contributed by atoms with Crippen LogP contribution in [0, 0.1) is 0 Å². The number of rotatable bonds is 7. The third kappa shape index (κ3) is 4.13. The van der Waals surface area contributed by atoms with Crippen molar-refractivity contribution in [3.8, 4) is 0 Å². The van der Waals surface area contributed by atoms with Gasteiger partial charge in [0.2, 0.25) is 0 Å². The van der Waals surface area contributed by atoms with Crippen molar-refractivity contribution < 1.29 is 0 Å². The second-order valence-corrected chi connectivity index (χ2v) is 5.93. The molecule has 15 heavy (non-hydrogen) atoms. The maximum absolute atomic E-state index is 4.33. The second-order valence-electron chi connectivity index (χ2n) is 3.55. The number of nitrogens with zero attached hydrogens (tertiary/aromatic N) is 1. The first-order valence-corrected chi connectivity index (χ1v) is 7.31. The molecule has 1 rings (SSSR count). The first-order chi connectivity index (χ1) is 7.31. The molecule has 2 unspecified atom stereocenters. The molecule has 0 aromatic carbocycles. The topological polar surface area (TPSA) is 24.9 Å². The van der Waals surface area contributed by atoms with Crippen LogP contribution in [0.1, 0.15) is 33.1 Å². The Balaban J connectivity index is 2.53. The van der Waals surface area contributed by atoms with Crippen molar-refractivity contribution in [3.05, 3.63) is 11.6 Å². The van der Waals surface area contributed by atoms with Crippen molar-refractivity contribution in [1.82, 2.24) is 10.3 Å². The third-order valence-corrected chi connectivity index (χ3v) is 4.90. The highest BCUT2D eigenvalue weighted by molar-refractivity contribution is 8.01. The van der Waals surface area contributed by atoms with Crippen LogP contribution < -0.4 is 5.32 Å². The van der Waals surface area contributed by atoms with Gasteiger partial charge in [-0.3, -0.25) is 0 Å². The molecule has 0 amide bonds. The molecule has 2 atom stereocenters. The molecule has 0 radical (unpaired) electrons. The van der Waals surface area contributed by atoms with Crippen LogP contribution in [-0.2, 0) is 0 Å². The van der Waals surface area contributed by atoms with Gasteiger partial charge in [-0.25, -0.2) is 4.98 Å². The van der Waals surface area contributed by atoms with Gasteiger partial charge >= 0.3 is 0 Å². The minimum atomic E-state index is 0.605. The average molecular weight is 244 g/mol. The van der Waals surface area contributed by atoms with E-state index in [0.717, 1.165) is 0 Å². The summed E-state index contributed by atoms with van der Waals surface area (Å²) in [6.45, 7) is 4.50. The summed E-state index contributed by atoms with van der Waals surface area (Å²) < 4.78 is 1.19. The van der Waals surface area contributed by atoms with Crippen LogP contribution in [0.4, 0.5) is 0 Å². The first kappa shape index (κ1) is 13.0. The van der Waals surface area contributed by atoms with Crippen molar-refractivity contribution in [2.24, 2.45) is 0 Å². The molecule has 0 aliphatic carbocycles. The number of thiazole rings is 1. The van der Waals surface area contributed by atoms with E-state index in [0.29, 0.717) is 11.3 Å². The number of thioether (sulfide) groups is 1. The molecule has 0 spiro atoms. The molecule has 4 heteroatoms. The van der Waals surface area contributed by atoms with E-state index in [1.165, 1.54) is 23.6 Å². The highest BCUT2D eigenvalue weighted by Crippen LogP contribution is 2.30. The number of hydrogen-bond donors (Lipinski definition) is 1.